The van der Waals surface area contributed by atoms with E-state index in [0.29, 0.717) is 5.41 Å². The van der Waals surface area contributed by atoms with Gasteiger partial charge < -0.3 is 19.9 Å². The summed E-state index contributed by atoms with van der Waals surface area (Å²) in [5, 5.41) is 3.69. The molecule has 1 unspecified atom stereocenters. The van der Waals surface area contributed by atoms with Crippen LogP contribution in [0.25, 0.3) is 0 Å². The Bertz CT molecular complexity index is 247. The van der Waals surface area contributed by atoms with Crippen molar-refractivity contribution in [1.29, 1.82) is 0 Å². The average Bonchev–Trinajstić information content (AvgIpc) is 3.05. The molecule has 106 valence electrons. The van der Waals surface area contributed by atoms with Gasteiger partial charge >= 0.3 is 0 Å². The lowest BCUT2D eigenvalue weighted by atomic mass is 9.86. The van der Waals surface area contributed by atoms with Crippen LogP contribution in [0.5, 0.6) is 0 Å². The van der Waals surface area contributed by atoms with Crippen molar-refractivity contribution in [2.75, 3.05) is 60.5 Å². The van der Waals surface area contributed by atoms with Crippen LogP contribution in [0.2, 0.25) is 0 Å². The van der Waals surface area contributed by atoms with Crippen molar-refractivity contribution >= 4 is 0 Å². The van der Waals surface area contributed by atoms with E-state index >= 15 is 0 Å². The van der Waals surface area contributed by atoms with Gasteiger partial charge in [-0.25, -0.2) is 0 Å². The van der Waals surface area contributed by atoms with Crippen molar-refractivity contribution in [3.63, 3.8) is 0 Å². The van der Waals surface area contributed by atoms with Gasteiger partial charge in [-0.05, 0) is 40.4 Å². The number of rotatable bonds is 8. The molecule has 1 saturated carbocycles. The van der Waals surface area contributed by atoms with Gasteiger partial charge in [0, 0.05) is 44.2 Å². The lowest BCUT2D eigenvalue weighted by molar-refractivity contribution is 0.115. The van der Waals surface area contributed by atoms with Gasteiger partial charge in [0.1, 0.15) is 0 Å². The van der Waals surface area contributed by atoms with E-state index in [1.807, 2.05) is 0 Å². The summed E-state index contributed by atoms with van der Waals surface area (Å²) in [6.07, 6.45) is 3.94. The maximum atomic E-state index is 5.66. The Morgan fingerprint density at radius 2 is 2.00 bits per heavy atom. The minimum Gasteiger partial charge on any atom is -0.381 e. The van der Waals surface area contributed by atoms with Crippen LogP contribution in [-0.4, -0.2) is 76.4 Å². The molecule has 0 radical (unpaired) electrons. The second kappa shape index (κ2) is 6.33. The first-order valence-corrected chi connectivity index (χ1v) is 7.24. The minimum atomic E-state index is 0.351. The number of hydrogen-bond donors (Lipinski definition) is 1. The standard InChI is InChI=1S/C14H29N3O/c1-16(2)7-8-17(3)11-14(6-9-18-12-14)10-15-13-4-5-13/h13,15H,4-12H2,1-3H3. The molecule has 1 saturated heterocycles. The summed E-state index contributed by atoms with van der Waals surface area (Å²) >= 11 is 0. The quantitative estimate of drug-likeness (QED) is 0.689. The van der Waals surface area contributed by atoms with Crippen LogP contribution in [0.3, 0.4) is 0 Å². The average molecular weight is 255 g/mol. The molecule has 1 aliphatic carbocycles. The van der Waals surface area contributed by atoms with Crippen molar-refractivity contribution in [2.24, 2.45) is 5.41 Å². The van der Waals surface area contributed by atoms with Gasteiger partial charge in [-0.3, -0.25) is 0 Å². The van der Waals surface area contributed by atoms with Crippen LogP contribution in [0, 0.1) is 5.41 Å². The highest BCUT2D eigenvalue weighted by Gasteiger charge is 2.37. The van der Waals surface area contributed by atoms with E-state index in [9.17, 15) is 0 Å². The molecule has 0 aromatic heterocycles. The third-order valence-electron chi connectivity index (χ3n) is 4.06. The van der Waals surface area contributed by atoms with Gasteiger partial charge in [-0.1, -0.05) is 0 Å². The molecule has 18 heavy (non-hydrogen) atoms. The summed E-state index contributed by atoms with van der Waals surface area (Å²) in [5.74, 6) is 0. The summed E-state index contributed by atoms with van der Waals surface area (Å²) in [6, 6.07) is 0.801. The molecule has 1 atom stereocenters. The van der Waals surface area contributed by atoms with Crippen LogP contribution < -0.4 is 5.32 Å². The molecule has 2 rings (SSSR count). The van der Waals surface area contributed by atoms with Crippen LogP contribution in [0.15, 0.2) is 0 Å². The Balaban J connectivity index is 1.76. The maximum Gasteiger partial charge on any atom is 0.0547 e. The molecule has 0 aromatic carbocycles. The molecule has 1 N–H and O–H groups in total. The highest BCUT2D eigenvalue weighted by Crippen LogP contribution is 2.30. The molecule has 1 aliphatic heterocycles. The molecular weight excluding hydrogens is 226 g/mol. The zero-order valence-electron chi connectivity index (χ0n) is 12.2. The molecule has 2 aliphatic rings. The highest BCUT2D eigenvalue weighted by atomic mass is 16.5. The first-order chi connectivity index (χ1) is 8.60. The molecule has 0 aromatic rings. The van der Waals surface area contributed by atoms with E-state index in [1.165, 1.54) is 19.3 Å². The van der Waals surface area contributed by atoms with E-state index in [4.69, 9.17) is 4.74 Å². The lowest BCUT2D eigenvalue weighted by Crippen LogP contribution is -2.45. The Kier molecular flexibility index (Phi) is 5.01. The third-order valence-corrected chi connectivity index (χ3v) is 4.06. The second-order valence-electron chi connectivity index (χ2n) is 6.50. The summed E-state index contributed by atoms with van der Waals surface area (Å²) in [6.45, 7) is 6.42. The Morgan fingerprint density at radius 1 is 1.22 bits per heavy atom. The second-order valence-corrected chi connectivity index (χ2v) is 6.50. The van der Waals surface area contributed by atoms with Crippen LogP contribution in [0.1, 0.15) is 19.3 Å². The van der Waals surface area contributed by atoms with Gasteiger partial charge in [0.15, 0.2) is 0 Å². The zero-order chi connectivity index (χ0) is 13.0. The molecule has 4 heteroatoms. The molecule has 0 spiro atoms. The van der Waals surface area contributed by atoms with Crippen LogP contribution >= 0.6 is 0 Å². The van der Waals surface area contributed by atoms with Crippen molar-refractivity contribution in [3.05, 3.63) is 0 Å². The van der Waals surface area contributed by atoms with Crippen LogP contribution in [-0.2, 0) is 4.74 Å². The highest BCUT2D eigenvalue weighted by molar-refractivity contribution is 4.91. The predicted molar refractivity (Wildman–Crippen MR) is 74.9 cm³/mol. The van der Waals surface area contributed by atoms with Gasteiger partial charge in [0.25, 0.3) is 0 Å². The van der Waals surface area contributed by atoms with E-state index in [1.54, 1.807) is 0 Å². The molecular formula is C14H29N3O. The number of nitrogens with one attached hydrogen (secondary N) is 1. The van der Waals surface area contributed by atoms with Crippen molar-refractivity contribution < 1.29 is 4.74 Å². The minimum absolute atomic E-state index is 0.351. The van der Waals surface area contributed by atoms with E-state index in [2.05, 4.69) is 36.3 Å². The number of likely N-dealkylation sites (N-methyl/N-ethyl adjacent to an activating group) is 2. The largest absolute Gasteiger partial charge is 0.381 e. The summed E-state index contributed by atoms with van der Waals surface area (Å²) in [4.78, 5) is 4.71. The fourth-order valence-corrected chi connectivity index (χ4v) is 2.64. The molecule has 2 fully saturated rings. The van der Waals surface area contributed by atoms with E-state index < -0.39 is 0 Å². The summed E-state index contributed by atoms with van der Waals surface area (Å²) < 4.78 is 5.66. The number of ether oxygens (including phenoxy) is 1. The van der Waals surface area contributed by atoms with Gasteiger partial charge in [0.05, 0.1) is 6.61 Å². The Morgan fingerprint density at radius 3 is 2.56 bits per heavy atom. The van der Waals surface area contributed by atoms with Crippen molar-refractivity contribution in [2.45, 2.75) is 25.3 Å². The van der Waals surface area contributed by atoms with E-state index in [0.717, 1.165) is 45.4 Å². The fraction of sp³-hybridized carbons (Fsp3) is 1.00. The first-order valence-electron chi connectivity index (χ1n) is 7.24. The smallest absolute Gasteiger partial charge is 0.0547 e. The SMILES string of the molecule is CN(C)CCN(C)CC1(CNC2CC2)CCOC1. The Labute approximate surface area is 112 Å². The van der Waals surface area contributed by atoms with Crippen molar-refractivity contribution in [1.82, 2.24) is 15.1 Å². The number of hydrogen-bond acceptors (Lipinski definition) is 4. The Hall–Kier alpha value is -0.160. The maximum absolute atomic E-state index is 5.66. The summed E-state index contributed by atoms with van der Waals surface area (Å²) in [5.41, 5.74) is 0.351. The third kappa shape index (κ3) is 4.50. The van der Waals surface area contributed by atoms with Gasteiger partial charge in [0.2, 0.25) is 0 Å². The normalized spacial score (nSPS) is 28.5. The number of nitrogens with zero attached hydrogens (tertiary/aromatic N) is 2. The molecule has 4 nitrogen and oxygen atoms in total. The summed E-state index contributed by atoms with van der Waals surface area (Å²) in [7, 11) is 6.51. The van der Waals surface area contributed by atoms with Crippen LogP contribution in [0.4, 0.5) is 0 Å². The van der Waals surface area contributed by atoms with Gasteiger partial charge in [-0.2, -0.15) is 0 Å². The topological polar surface area (TPSA) is 27.7 Å². The fourth-order valence-electron chi connectivity index (χ4n) is 2.64. The lowest BCUT2D eigenvalue weighted by Gasteiger charge is -2.33. The first kappa shape index (κ1) is 14.3. The monoisotopic (exact) mass is 255 g/mol. The van der Waals surface area contributed by atoms with E-state index in [-0.39, 0.29) is 0 Å². The molecule has 0 amide bonds. The molecule has 0 bridgehead atoms. The van der Waals surface area contributed by atoms with Gasteiger partial charge in [-0.15, -0.1) is 0 Å². The van der Waals surface area contributed by atoms with Crippen molar-refractivity contribution in [3.8, 4) is 0 Å². The predicted octanol–water partition coefficient (Wildman–Crippen LogP) is 0.639. The zero-order valence-corrected chi connectivity index (χ0v) is 12.2. The molecule has 1 heterocycles.